The SMILES string of the molecule is CCc1cc(NC)cc2ccccc12. The molecule has 0 heterocycles. The summed E-state index contributed by atoms with van der Waals surface area (Å²) < 4.78 is 0. The first-order chi connectivity index (χ1) is 6.85. The fourth-order valence-electron chi connectivity index (χ4n) is 1.83. The first-order valence-electron chi connectivity index (χ1n) is 5.04. The maximum absolute atomic E-state index is 3.19. The molecule has 14 heavy (non-hydrogen) atoms. The lowest BCUT2D eigenvalue weighted by atomic mass is 10.0. The summed E-state index contributed by atoms with van der Waals surface area (Å²) in [6.07, 6.45) is 1.08. The topological polar surface area (TPSA) is 12.0 Å². The third kappa shape index (κ3) is 1.46. The van der Waals surface area contributed by atoms with Crippen molar-refractivity contribution in [1.29, 1.82) is 0 Å². The van der Waals surface area contributed by atoms with Crippen molar-refractivity contribution in [3.63, 3.8) is 0 Å². The van der Waals surface area contributed by atoms with Gasteiger partial charge in [0.15, 0.2) is 0 Å². The summed E-state index contributed by atoms with van der Waals surface area (Å²) in [5.41, 5.74) is 2.60. The van der Waals surface area contributed by atoms with Crippen molar-refractivity contribution in [2.45, 2.75) is 13.3 Å². The highest BCUT2D eigenvalue weighted by Gasteiger charge is 2.00. The lowest BCUT2D eigenvalue weighted by Gasteiger charge is -2.08. The van der Waals surface area contributed by atoms with Gasteiger partial charge in [-0.05, 0) is 34.9 Å². The molecule has 0 aromatic heterocycles. The van der Waals surface area contributed by atoms with E-state index < -0.39 is 0 Å². The number of nitrogens with one attached hydrogen (secondary N) is 1. The molecule has 0 unspecified atom stereocenters. The third-order valence-corrected chi connectivity index (χ3v) is 2.62. The van der Waals surface area contributed by atoms with Crippen LogP contribution in [0.3, 0.4) is 0 Å². The van der Waals surface area contributed by atoms with Crippen LogP contribution < -0.4 is 5.32 Å². The third-order valence-electron chi connectivity index (χ3n) is 2.62. The average Bonchev–Trinajstić information content (AvgIpc) is 2.27. The molecular weight excluding hydrogens is 170 g/mol. The van der Waals surface area contributed by atoms with E-state index in [9.17, 15) is 0 Å². The molecule has 0 spiro atoms. The lowest BCUT2D eigenvalue weighted by Crippen LogP contribution is -1.91. The number of aryl methyl sites for hydroxylation is 1. The Hall–Kier alpha value is -1.50. The van der Waals surface area contributed by atoms with E-state index in [-0.39, 0.29) is 0 Å². The van der Waals surface area contributed by atoms with Crippen LogP contribution >= 0.6 is 0 Å². The number of anilines is 1. The molecule has 1 N–H and O–H groups in total. The molecule has 0 aliphatic heterocycles. The normalized spacial score (nSPS) is 10.4. The molecule has 2 aromatic rings. The van der Waals surface area contributed by atoms with Gasteiger partial charge in [-0.2, -0.15) is 0 Å². The monoisotopic (exact) mass is 185 g/mol. The summed E-state index contributed by atoms with van der Waals surface area (Å²) in [7, 11) is 1.96. The first kappa shape index (κ1) is 9.07. The van der Waals surface area contributed by atoms with Gasteiger partial charge in [0.05, 0.1) is 0 Å². The molecule has 0 aliphatic rings. The Morgan fingerprint density at radius 3 is 2.64 bits per heavy atom. The van der Waals surface area contributed by atoms with Gasteiger partial charge in [0.25, 0.3) is 0 Å². The minimum absolute atomic E-state index is 1.08. The number of hydrogen-bond donors (Lipinski definition) is 1. The molecule has 0 amide bonds. The maximum atomic E-state index is 3.19. The zero-order valence-corrected chi connectivity index (χ0v) is 8.67. The Morgan fingerprint density at radius 1 is 1.14 bits per heavy atom. The summed E-state index contributed by atoms with van der Waals surface area (Å²) in [4.78, 5) is 0. The van der Waals surface area contributed by atoms with Crippen LogP contribution in [0.15, 0.2) is 36.4 Å². The number of rotatable bonds is 2. The second kappa shape index (κ2) is 3.70. The Balaban J connectivity index is 2.73. The van der Waals surface area contributed by atoms with E-state index >= 15 is 0 Å². The zero-order valence-electron chi connectivity index (χ0n) is 8.67. The van der Waals surface area contributed by atoms with Crippen LogP contribution in [0.2, 0.25) is 0 Å². The molecule has 72 valence electrons. The second-order valence-electron chi connectivity index (χ2n) is 3.46. The summed E-state index contributed by atoms with van der Waals surface area (Å²) >= 11 is 0. The van der Waals surface area contributed by atoms with E-state index in [1.807, 2.05) is 7.05 Å². The Labute approximate surface area is 84.8 Å². The maximum Gasteiger partial charge on any atom is 0.0346 e. The Morgan fingerprint density at radius 2 is 1.93 bits per heavy atom. The fraction of sp³-hybridized carbons (Fsp3) is 0.231. The van der Waals surface area contributed by atoms with Gasteiger partial charge in [0.2, 0.25) is 0 Å². The van der Waals surface area contributed by atoms with Crippen molar-refractivity contribution in [3.05, 3.63) is 42.0 Å². The van der Waals surface area contributed by atoms with Crippen LogP contribution in [-0.2, 0) is 6.42 Å². The van der Waals surface area contributed by atoms with Crippen molar-refractivity contribution in [3.8, 4) is 0 Å². The molecule has 0 atom stereocenters. The van der Waals surface area contributed by atoms with Crippen molar-refractivity contribution in [2.24, 2.45) is 0 Å². The summed E-state index contributed by atoms with van der Waals surface area (Å²) in [5, 5.41) is 5.88. The largest absolute Gasteiger partial charge is 0.388 e. The van der Waals surface area contributed by atoms with E-state index in [2.05, 4.69) is 48.6 Å². The number of fused-ring (bicyclic) bond motifs is 1. The minimum Gasteiger partial charge on any atom is -0.388 e. The van der Waals surface area contributed by atoms with Gasteiger partial charge < -0.3 is 5.32 Å². The molecule has 0 saturated heterocycles. The standard InChI is InChI=1S/C13H15N/c1-3-10-8-12(14-2)9-11-6-4-5-7-13(10)11/h4-9,14H,3H2,1-2H3. The van der Waals surface area contributed by atoms with Crippen molar-refractivity contribution < 1.29 is 0 Å². The highest BCUT2D eigenvalue weighted by Crippen LogP contribution is 2.23. The molecular formula is C13H15N. The van der Waals surface area contributed by atoms with Crippen LogP contribution in [0.4, 0.5) is 5.69 Å². The van der Waals surface area contributed by atoms with Crippen LogP contribution in [0, 0.1) is 0 Å². The quantitative estimate of drug-likeness (QED) is 0.755. The number of benzene rings is 2. The van der Waals surface area contributed by atoms with Gasteiger partial charge in [0, 0.05) is 12.7 Å². The highest BCUT2D eigenvalue weighted by atomic mass is 14.8. The predicted molar refractivity (Wildman–Crippen MR) is 62.9 cm³/mol. The summed E-state index contributed by atoms with van der Waals surface area (Å²) in [5.74, 6) is 0. The van der Waals surface area contributed by atoms with Gasteiger partial charge >= 0.3 is 0 Å². The Kier molecular flexibility index (Phi) is 2.40. The zero-order chi connectivity index (χ0) is 9.97. The van der Waals surface area contributed by atoms with Gasteiger partial charge in [0.1, 0.15) is 0 Å². The summed E-state index contributed by atoms with van der Waals surface area (Å²) in [6, 6.07) is 12.9. The molecule has 0 fully saturated rings. The van der Waals surface area contributed by atoms with Gasteiger partial charge in [-0.25, -0.2) is 0 Å². The van der Waals surface area contributed by atoms with Crippen molar-refractivity contribution in [2.75, 3.05) is 12.4 Å². The lowest BCUT2D eigenvalue weighted by molar-refractivity contribution is 1.16. The average molecular weight is 185 g/mol. The van der Waals surface area contributed by atoms with E-state index in [0.29, 0.717) is 0 Å². The van der Waals surface area contributed by atoms with Gasteiger partial charge in [-0.3, -0.25) is 0 Å². The molecule has 0 bridgehead atoms. The van der Waals surface area contributed by atoms with Crippen LogP contribution in [0.25, 0.3) is 10.8 Å². The van der Waals surface area contributed by atoms with Gasteiger partial charge in [-0.15, -0.1) is 0 Å². The van der Waals surface area contributed by atoms with E-state index in [4.69, 9.17) is 0 Å². The molecule has 2 rings (SSSR count). The minimum atomic E-state index is 1.08. The van der Waals surface area contributed by atoms with E-state index in [0.717, 1.165) is 6.42 Å². The number of hydrogen-bond acceptors (Lipinski definition) is 1. The molecule has 2 aromatic carbocycles. The van der Waals surface area contributed by atoms with Crippen molar-refractivity contribution in [1.82, 2.24) is 0 Å². The molecule has 1 nitrogen and oxygen atoms in total. The smallest absolute Gasteiger partial charge is 0.0346 e. The van der Waals surface area contributed by atoms with E-state index in [1.165, 1.54) is 22.0 Å². The molecule has 1 heteroatoms. The summed E-state index contributed by atoms with van der Waals surface area (Å²) in [6.45, 7) is 2.20. The molecule has 0 aliphatic carbocycles. The highest BCUT2D eigenvalue weighted by molar-refractivity contribution is 5.88. The van der Waals surface area contributed by atoms with Crippen LogP contribution in [0.5, 0.6) is 0 Å². The molecule has 0 radical (unpaired) electrons. The van der Waals surface area contributed by atoms with Crippen LogP contribution in [0.1, 0.15) is 12.5 Å². The molecule has 0 saturated carbocycles. The van der Waals surface area contributed by atoms with Gasteiger partial charge in [-0.1, -0.05) is 31.2 Å². The fourth-order valence-corrected chi connectivity index (χ4v) is 1.83. The second-order valence-corrected chi connectivity index (χ2v) is 3.46. The van der Waals surface area contributed by atoms with Crippen molar-refractivity contribution >= 4 is 16.5 Å². The first-order valence-corrected chi connectivity index (χ1v) is 5.04. The van der Waals surface area contributed by atoms with Crippen LogP contribution in [-0.4, -0.2) is 7.05 Å². The predicted octanol–water partition coefficient (Wildman–Crippen LogP) is 3.44. The van der Waals surface area contributed by atoms with E-state index in [1.54, 1.807) is 0 Å². The Bertz CT molecular complexity index is 446.